The molecule has 3 aromatic rings. The van der Waals surface area contributed by atoms with Gasteiger partial charge in [-0.2, -0.15) is 0 Å². The second-order valence-corrected chi connectivity index (χ2v) is 7.78. The maximum atomic E-state index is 12.8. The Morgan fingerprint density at radius 2 is 2.14 bits per heavy atom. The lowest BCUT2D eigenvalue weighted by molar-refractivity contribution is -0.759. The lowest BCUT2D eigenvalue weighted by Crippen LogP contribution is -2.55. The Morgan fingerprint density at radius 1 is 1.36 bits per heavy atom. The van der Waals surface area contributed by atoms with E-state index in [4.69, 9.17) is 4.74 Å². The fraction of sp³-hybridized carbons (Fsp3) is 0.211. The first-order valence-corrected chi connectivity index (χ1v) is 10.7. The van der Waals surface area contributed by atoms with Crippen molar-refractivity contribution in [1.82, 2.24) is 10.1 Å². The third kappa shape index (κ3) is 3.14. The minimum absolute atomic E-state index is 0.0377. The van der Waals surface area contributed by atoms with Crippen LogP contribution in [0, 0.1) is 0 Å². The molecule has 1 aliphatic heterocycles. The number of hydrogen-bond donors (Lipinski definition) is 3. The van der Waals surface area contributed by atoms with Crippen LogP contribution in [0.1, 0.15) is 18.7 Å². The van der Waals surface area contributed by atoms with Crippen LogP contribution in [0.4, 0.5) is 5.69 Å². The van der Waals surface area contributed by atoms with Gasteiger partial charge in [-0.25, -0.2) is 0 Å². The number of phenolic OH excluding ortho intramolecular Hbond substituents is 1. The number of para-hydroxylation sites is 1. The molecule has 28 heavy (non-hydrogen) atoms. The maximum Gasteiger partial charge on any atom is 0.325 e. The SMILES string of the molecule is CCOc1cc([C@H]2Nc3ccccc3-c3c(=O)[nH]c(SC)n[n+]32)cc(Br)c1O. The molecule has 0 unspecified atom stereocenters. The number of nitrogens with one attached hydrogen (secondary N) is 2. The smallest absolute Gasteiger partial charge is 0.325 e. The van der Waals surface area contributed by atoms with Crippen molar-refractivity contribution in [2.45, 2.75) is 18.2 Å². The summed E-state index contributed by atoms with van der Waals surface area (Å²) in [5, 5.41) is 18.8. The lowest BCUT2D eigenvalue weighted by atomic mass is 10.0. The van der Waals surface area contributed by atoms with Crippen molar-refractivity contribution in [1.29, 1.82) is 0 Å². The molecule has 3 N–H and O–H groups in total. The average Bonchev–Trinajstić information content (AvgIpc) is 2.70. The molecule has 0 saturated carbocycles. The number of nitrogens with zero attached hydrogens (tertiary/aromatic N) is 2. The normalized spacial score (nSPS) is 14.8. The number of aromatic nitrogens is 3. The van der Waals surface area contributed by atoms with Crippen molar-refractivity contribution in [2.24, 2.45) is 0 Å². The van der Waals surface area contributed by atoms with Crippen molar-refractivity contribution in [2.75, 3.05) is 18.2 Å². The molecule has 0 radical (unpaired) electrons. The predicted octanol–water partition coefficient (Wildman–Crippen LogP) is 3.29. The molecular formula is C19H18BrN4O3S+. The van der Waals surface area contributed by atoms with Gasteiger partial charge >= 0.3 is 11.3 Å². The molecule has 0 bridgehead atoms. The zero-order valence-electron chi connectivity index (χ0n) is 15.2. The summed E-state index contributed by atoms with van der Waals surface area (Å²) in [6.07, 6.45) is 1.41. The highest BCUT2D eigenvalue weighted by Gasteiger charge is 2.38. The number of halogens is 1. The van der Waals surface area contributed by atoms with E-state index in [1.54, 1.807) is 16.8 Å². The van der Waals surface area contributed by atoms with Crippen LogP contribution in [0.3, 0.4) is 0 Å². The van der Waals surface area contributed by atoms with Gasteiger partial charge < -0.3 is 15.2 Å². The van der Waals surface area contributed by atoms with Crippen LogP contribution in [-0.2, 0) is 0 Å². The zero-order chi connectivity index (χ0) is 19.8. The van der Waals surface area contributed by atoms with Gasteiger partial charge in [0, 0.05) is 10.7 Å². The second kappa shape index (κ2) is 7.48. The monoisotopic (exact) mass is 461 g/mol. The van der Waals surface area contributed by atoms with Gasteiger partial charge in [-0.05, 0) is 58.1 Å². The standard InChI is InChI=1S/C19H17BrN4O3S/c1-3-27-14-9-10(8-12(20)16(14)25)17-21-13-7-5-4-6-11(13)15-18(26)22-19(28-2)23-24(15)17/h4-9,17H,3H2,1-2H3,(H2,22,23,25,26)/p+1/t17-/m0/s1. The van der Waals surface area contributed by atoms with Crippen LogP contribution in [0.2, 0.25) is 0 Å². The van der Waals surface area contributed by atoms with Gasteiger partial charge in [-0.1, -0.05) is 23.9 Å². The van der Waals surface area contributed by atoms with Gasteiger partial charge in [0.15, 0.2) is 11.5 Å². The maximum absolute atomic E-state index is 12.8. The number of aromatic hydroxyl groups is 1. The fourth-order valence-corrected chi connectivity index (χ4v) is 4.05. The molecule has 2 heterocycles. The van der Waals surface area contributed by atoms with Gasteiger partial charge in [0.2, 0.25) is 5.16 Å². The molecule has 1 aromatic heterocycles. The molecule has 0 fully saturated rings. The van der Waals surface area contributed by atoms with Gasteiger partial charge in [0.05, 0.1) is 22.3 Å². The van der Waals surface area contributed by atoms with Crippen LogP contribution in [0.25, 0.3) is 11.3 Å². The van der Waals surface area contributed by atoms with Crippen molar-refractivity contribution in [3.63, 3.8) is 0 Å². The number of fused-ring (bicyclic) bond motifs is 3. The average molecular weight is 462 g/mol. The number of anilines is 1. The Kier molecular flexibility index (Phi) is 5.03. The van der Waals surface area contributed by atoms with E-state index in [2.05, 4.69) is 31.3 Å². The number of rotatable bonds is 4. The minimum Gasteiger partial charge on any atom is -0.503 e. The molecule has 0 aliphatic carbocycles. The number of benzene rings is 2. The first kappa shape index (κ1) is 18.8. The largest absolute Gasteiger partial charge is 0.503 e. The molecule has 0 amide bonds. The highest BCUT2D eigenvalue weighted by atomic mass is 79.9. The van der Waals surface area contributed by atoms with Crippen molar-refractivity contribution < 1.29 is 14.5 Å². The number of ether oxygens (including phenoxy) is 1. The third-order valence-corrected chi connectivity index (χ3v) is 5.62. The van der Waals surface area contributed by atoms with Gasteiger partial charge in [0.25, 0.3) is 6.17 Å². The first-order valence-electron chi connectivity index (χ1n) is 8.64. The van der Waals surface area contributed by atoms with Crippen LogP contribution in [0.5, 0.6) is 11.5 Å². The van der Waals surface area contributed by atoms with Crippen molar-refractivity contribution in [3.8, 4) is 22.8 Å². The summed E-state index contributed by atoms with van der Waals surface area (Å²) in [5.41, 5.74) is 2.67. The van der Waals surface area contributed by atoms with E-state index in [0.717, 1.165) is 16.8 Å². The summed E-state index contributed by atoms with van der Waals surface area (Å²) in [6.45, 7) is 2.27. The molecule has 0 spiro atoms. The Hall–Kier alpha value is -2.52. The van der Waals surface area contributed by atoms with E-state index in [-0.39, 0.29) is 11.3 Å². The van der Waals surface area contributed by atoms with E-state index < -0.39 is 6.17 Å². The molecule has 1 aliphatic rings. The quantitative estimate of drug-likeness (QED) is 0.407. The number of thioether (sulfide) groups is 1. The topological polar surface area (TPSA) is 91.1 Å². The summed E-state index contributed by atoms with van der Waals surface area (Å²) < 4.78 is 7.75. The molecule has 9 heteroatoms. The number of phenols is 1. The first-order chi connectivity index (χ1) is 13.5. The second-order valence-electron chi connectivity index (χ2n) is 6.13. The number of aromatic amines is 1. The molecule has 1 atom stereocenters. The summed E-state index contributed by atoms with van der Waals surface area (Å²) in [5.74, 6) is 0.403. The van der Waals surface area contributed by atoms with Gasteiger partial charge in [-0.15, -0.1) is 0 Å². The Bertz CT molecular complexity index is 1120. The Morgan fingerprint density at radius 3 is 2.89 bits per heavy atom. The minimum atomic E-state index is -0.450. The van der Waals surface area contributed by atoms with Crippen LogP contribution in [-0.4, -0.2) is 28.1 Å². The fourth-order valence-electron chi connectivity index (χ4n) is 3.22. The van der Waals surface area contributed by atoms with E-state index >= 15 is 0 Å². The predicted molar refractivity (Wildman–Crippen MR) is 111 cm³/mol. The van der Waals surface area contributed by atoms with Gasteiger partial charge in [0.1, 0.15) is 0 Å². The molecule has 2 aromatic carbocycles. The van der Waals surface area contributed by atoms with Crippen LogP contribution >= 0.6 is 27.7 Å². The Balaban J connectivity index is 1.96. The van der Waals surface area contributed by atoms with Crippen LogP contribution in [0.15, 0.2) is 50.8 Å². The third-order valence-electron chi connectivity index (χ3n) is 4.44. The zero-order valence-corrected chi connectivity index (χ0v) is 17.6. The van der Waals surface area contributed by atoms with Crippen molar-refractivity contribution >= 4 is 33.4 Å². The van der Waals surface area contributed by atoms with E-state index in [1.807, 2.05) is 37.4 Å². The number of H-pyrrole nitrogens is 1. The van der Waals surface area contributed by atoms with Gasteiger partial charge in [-0.3, -0.25) is 9.78 Å². The molecular weight excluding hydrogens is 444 g/mol. The Labute approximate surface area is 173 Å². The van der Waals surface area contributed by atoms with Crippen molar-refractivity contribution in [3.05, 3.63) is 56.8 Å². The summed E-state index contributed by atoms with van der Waals surface area (Å²) in [7, 11) is 0. The summed E-state index contributed by atoms with van der Waals surface area (Å²) >= 11 is 4.75. The number of hydrogen-bond acceptors (Lipinski definition) is 6. The summed E-state index contributed by atoms with van der Waals surface area (Å²) in [6, 6.07) is 11.2. The molecule has 144 valence electrons. The highest BCUT2D eigenvalue weighted by molar-refractivity contribution is 9.10. The van der Waals surface area contributed by atoms with Crippen LogP contribution < -0.4 is 20.3 Å². The highest BCUT2D eigenvalue weighted by Crippen LogP contribution is 2.39. The molecule has 4 rings (SSSR count). The van der Waals surface area contributed by atoms with E-state index in [1.165, 1.54) is 11.8 Å². The van der Waals surface area contributed by atoms with E-state index in [0.29, 0.717) is 27.7 Å². The lowest BCUT2D eigenvalue weighted by Gasteiger charge is -2.23. The summed E-state index contributed by atoms with van der Waals surface area (Å²) in [4.78, 5) is 15.7. The molecule has 0 saturated heterocycles. The molecule has 7 nitrogen and oxygen atoms in total. The van der Waals surface area contributed by atoms with E-state index in [9.17, 15) is 9.90 Å².